The van der Waals surface area contributed by atoms with Crippen LogP contribution >= 0.6 is 11.3 Å². The normalized spacial score (nSPS) is 13.3. The number of halogens is 1. The van der Waals surface area contributed by atoms with E-state index >= 15 is 0 Å². The molecule has 0 unspecified atom stereocenters. The van der Waals surface area contributed by atoms with Gasteiger partial charge in [-0.2, -0.15) is 0 Å². The maximum Gasteiger partial charge on any atom is 0.262 e. The highest BCUT2D eigenvalue weighted by atomic mass is 32.1. The van der Waals surface area contributed by atoms with E-state index in [1.54, 1.807) is 18.3 Å². The van der Waals surface area contributed by atoms with E-state index in [4.69, 9.17) is 0 Å². The number of ketones is 1. The summed E-state index contributed by atoms with van der Waals surface area (Å²) in [5, 5.41) is 0.683. The summed E-state index contributed by atoms with van der Waals surface area (Å²) in [5.41, 5.74) is 1.82. The quantitative estimate of drug-likeness (QED) is 0.656. The zero-order valence-electron chi connectivity index (χ0n) is 14.8. The Morgan fingerprint density at radius 2 is 2.15 bits per heavy atom. The number of Topliss-reactive ketones (excluding diaryl/α,β-unsaturated/α-hetero) is 1. The molecule has 1 aliphatic rings. The number of hydrogen-bond acceptors (Lipinski definition) is 4. The first-order chi connectivity index (χ1) is 12.5. The van der Waals surface area contributed by atoms with Crippen molar-refractivity contribution in [3.8, 4) is 0 Å². The lowest BCUT2D eigenvalue weighted by Crippen LogP contribution is -2.28. The molecule has 1 aromatic carbocycles. The second kappa shape index (κ2) is 6.43. The van der Waals surface area contributed by atoms with Crippen LogP contribution in [0.4, 0.5) is 4.39 Å². The molecule has 4 nitrogen and oxygen atoms in total. The summed E-state index contributed by atoms with van der Waals surface area (Å²) in [6, 6.07) is 4.29. The van der Waals surface area contributed by atoms with Crippen LogP contribution in [0.2, 0.25) is 0 Å². The summed E-state index contributed by atoms with van der Waals surface area (Å²) in [4.78, 5) is 32.5. The topological polar surface area (TPSA) is 52.0 Å². The smallest absolute Gasteiger partial charge is 0.262 e. The minimum atomic E-state index is -0.343. The molecule has 134 valence electrons. The third-order valence-corrected chi connectivity index (χ3v) is 6.19. The van der Waals surface area contributed by atoms with Crippen molar-refractivity contribution in [1.82, 2.24) is 9.55 Å². The third-order valence-electron chi connectivity index (χ3n) is 5.00. The van der Waals surface area contributed by atoms with Crippen molar-refractivity contribution in [2.45, 2.75) is 46.1 Å². The second-order valence-electron chi connectivity index (χ2n) is 6.70. The first-order valence-electron chi connectivity index (χ1n) is 8.83. The largest absolute Gasteiger partial charge is 0.292 e. The lowest BCUT2D eigenvalue weighted by atomic mass is 10.1. The first-order valence-corrected chi connectivity index (χ1v) is 9.64. The molecule has 0 saturated carbocycles. The highest BCUT2D eigenvalue weighted by molar-refractivity contribution is 7.18. The maximum absolute atomic E-state index is 13.5. The molecule has 2 aromatic heterocycles. The average Bonchev–Trinajstić information content (AvgIpc) is 3.20. The molecule has 0 N–H and O–H groups in total. The van der Waals surface area contributed by atoms with E-state index in [9.17, 15) is 14.0 Å². The van der Waals surface area contributed by atoms with Crippen molar-refractivity contribution in [2.75, 3.05) is 0 Å². The molecule has 0 spiro atoms. The standard InChI is InChI=1S/C20H19FN2O2S/c1-3-17-22-19-18(13-5-4-6-16(13)26-19)20(25)23(17)10-15(24)12-7-8-14(21)11(2)9-12/h7-9H,3-6,10H2,1-2H3. The third kappa shape index (κ3) is 2.69. The molecule has 6 heteroatoms. The summed E-state index contributed by atoms with van der Waals surface area (Å²) >= 11 is 1.61. The molecule has 0 saturated heterocycles. The van der Waals surface area contributed by atoms with Gasteiger partial charge in [-0.1, -0.05) is 6.92 Å². The number of aryl methyl sites for hydroxylation is 4. The van der Waals surface area contributed by atoms with Gasteiger partial charge in [-0.3, -0.25) is 14.2 Å². The molecule has 1 aliphatic carbocycles. The van der Waals surface area contributed by atoms with Crippen molar-refractivity contribution in [3.63, 3.8) is 0 Å². The SMILES string of the molecule is CCc1nc2sc3c(c2c(=O)n1CC(=O)c1ccc(F)c(C)c1)CCC3. The van der Waals surface area contributed by atoms with Crippen molar-refractivity contribution in [2.24, 2.45) is 0 Å². The van der Waals surface area contributed by atoms with Crippen molar-refractivity contribution in [3.05, 3.63) is 61.8 Å². The van der Waals surface area contributed by atoms with E-state index in [1.165, 1.54) is 27.6 Å². The van der Waals surface area contributed by atoms with Crippen LogP contribution in [-0.2, 0) is 25.8 Å². The van der Waals surface area contributed by atoms with Crippen LogP contribution in [0.25, 0.3) is 10.2 Å². The van der Waals surface area contributed by atoms with Crippen LogP contribution in [0.3, 0.4) is 0 Å². The monoisotopic (exact) mass is 370 g/mol. The van der Waals surface area contributed by atoms with Gasteiger partial charge >= 0.3 is 0 Å². The molecular weight excluding hydrogens is 351 g/mol. The van der Waals surface area contributed by atoms with E-state index in [0.29, 0.717) is 28.8 Å². The summed E-state index contributed by atoms with van der Waals surface area (Å²) in [6.07, 6.45) is 3.55. The van der Waals surface area contributed by atoms with E-state index in [2.05, 4.69) is 4.98 Å². The fraction of sp³-hybridized carbons (Fsp3) is 0.350. The van der Waals surface area contributed by atoms with Gasteiger partial charge in [-0.05, 0) is 55.5 Å². The predicted octanol–water partition coefficient (Wildman–Crippen LogP) is 3.84. The Balaban J connectivity index is 1.80. The number of benzene rings is 1. The van der Waals surface area contributed by atoms with E-state index in [-0.39, 0.29) is 23.7 Å². The number of hydrogen-bond donors (Lipinski definition) is 0. The van der Waals surface area contributed by atoms with Crippen molar-refractivity contribution >= 4 is 27.3 Å². The molecule has 3 aromatic rings. The van der Waals surface area contributed by atoms with Crippen LogP contribution in [-0.4, -0.2) is 15.3 Å². The molecule has 0 amide bonds. The molecule has 0 radical (unpaired) electrons. The Bertz CT molecular complexity index is 1100. The van der Waals surface area contributed by atoms with Gasteiger partial charge in [0.1, 0.15) is 16.5 Å². The summed E-state index contributed by atoms with van der Waals surface area (Å²) in [5.74, 6) is 0.0671. The van der Waals surface area contributed by atoms with Crippen molar-refractivity contribution in [1.29, 1.82) is 0 Å². The van der Waals surface area contributed by atoms with Gasteiger partial charge < -0.3 is 0 Å². The predicted molar refractivity (Wildman–Crippen MR) is 101 cm³/mol. The van der Waals surface area contributed by atoms with Gasteiger partial charge in [0.15, 0.2) is 5.78 Å². The van der Waals surface area contributed by atoms with Crippen LogP contribution in [0.15, 0.2) is 23.0 Å². The zero-order valence-corrected chi connectivity index (χ0v) is 15.6. The molecule has 0 atom stereocenters. The van der Waals surface area contributed by atoms with Gasteiger partial charge in [0.05, 0.1) is 11.9 Å². The number of rotatable bonds is 4. The first kappa shape index (κ1) is 17.1. The van der Waals surface area contributed by atoms with Gasteiger partial charge in [-0.25, -0.2) is 9.37 Å². The van der Waals surface area contributed by atoms with E-state index in [0.717, 1.165) is 29.7 Å². The lowest BCUT2D eigenvalue weighted by Gasteiger charge is -2.11. The molecule has 0 aliphatic heterocycles. The van der Waals surface area contributed by atoms with E-state index < -0.39 is 0 Å². The Labute approximate surface area is 154 Å². The Hall–Kier alpha value is -2.34. The van der Waals surface area contributed by atoms with Gasteiger partial charge in [0.25, 0.3) is 5.56 Å². The van der Waals surface area contributed by atoms with Crippen LogP contribution in [0, 0.1) is 12.7 Å². The minimum absolute atomic E-state index is 0.0688. The Kier molecular flexibility index (Phi) is 4.23. The minimum Gasteiger partial charge on any atom is -0.292 e. The fourth-order valence-electron chi connectivity index (χ4n) is 3.60. The number of thiophene rings is 1. The zero-order chi connectivity index (χ0) is 18.4. The fourth-order valence-corrected chi connectivity index (χ4v) is 4.88. The Morgan fingerprint density at radius 3 is 2.88 bits per heavy atom. The van der Waals surface area contributed by atoms with Gasteiger partial charge in [0.2, 0.25) is 0 Å². The summed E-state index contributed by atoms with van der Waals surface area (Å²) < 4.78 is 15.0. The average molecular weight is 370 g/mol. The molecular formula is C20H19FN2O2S. The molecule has 26 heavy (non-hydrogen) atoms. The summed E-state index contributed by atoms with van der Waals surface area (Å²) in [7, 11) is 0. The molecule has 2 heterocycles. The maximum atomic E-state index is 13.5. The summed E-state index contributed by atoms with van der Waals surface area (Å²) in [6.45, 7) is 3.48. The molecule has 0 fully saturated rings. The number of carbonyl (C=O) groups excluding carboxylic acids is 1. The van der Waals surface area contributed by atoms with Crippen LogP contribution in [0.1, 0.15) is 45.5 Å². The second-order valence-corrected chi connectivity index (χ2v) is 7.78. The molecule has 4 rings (SSSR count). The van der Waals surface area contributed by atoms with E-state index in [1.807, 2.05) is 6.92 Å². The number of nitrogens with zero attached hydrogens (tertiary/aromatic N) is 2. The van der Waals surface area contributed by atoms with Crippen molar-refractivity contribution < 1.29 is 9.18 Å². The highest BCUT2D eigenvalue weighted by Gasteiger charge is 2.23. The molecule has 0 bridgehead atoms. The lowest BCUT2D eigenvalue weighted by molar-refractivity contribution is 0.0969. The van der Waals surface area contributed by atoms with Crippen LogP contribution < -0.4 is 5.56 Å². The van der Waals surface area contributed by atoms with Gasteiger partial charge in [-0.15, -0.1) is 11.3 Å². The Morgan fingerprint density at radius 1 is 1.35 bits per heavy atom. The number of fused-ring (bicyclic) bond motifs is 3. The van der Waals surface area contributed by atoms with Gasteiger partial charge in [0, 0.05) is 16.9 Å². The number of aromatic nitrogens is 2. The van der Waals surface area contributed by atoms with Crippen LogP contribution in [0.5, 0.6) is 0 Å². The number of carbonyl (C=O) groups is 1. The highest BCUT2D eigenvalue weighted by Crippen LogP contribution is 2.34.